The second-order valence-corrected chi connectivity index (χ2v) is 7.86. The molecule has 0 aromatic heterocycles. The van der Waals surface area contributed by atoms with E-state index in [9.17, 15) is 34.9 Å². The van der Waals surface area contributed by atoms with Crippen LogP contribution in [0.3, 0.4) is 0 Å². The standard InChI is InChI=1S/C24H19N3O9/c1-35-21-11-17(19(27(33)34)12-22(21)36-13-14-5-3-2-4-6-14)23(28)25-18-10-16(26(31)32)8-7-15(18)9-20(25)24(29)30/h2-8,10-12,20H,9,13H2,1H3,(H,29,30). The number of rotatable bonds is 8. The Balaban J connectivity index is 1.77. The van der Waals surface area contributed by atoms with Crippen molar-refractivity contribution in [2.75, 3.05) is 12.0 Å². The quantitative estimate of drug-likeness (QED) is 0.364. The Kier molecular flexibility index (Phi) is 6.50. The third-order valence-electron chi connectivity index (χ3n) is 5.71. The summed E-state index contributed by atoms with van der Waals surface area (Å²) in [4.78, 5) is 48.0. The van der Waals surface area contributed by atoms with Crippen molar-refractivity contribution in [1.29, 1.82) is 0 Å². The molecule has 1 aliphatic rings. The first kappa shape index (κ1) is 24.1. The molecule has 12 nitrogen and oxygen atoms in total. The van der Waals surface area contributed by atoms with Crippen molar-refractivity contribution in [3.63, 3.8) is 0 Å². The lowest BCUT2D eigenvalue weighted by atomic mass is 10.1. The van der Waals surface area contributed by atoms with E-state index in [4.69, 9.17) is 9.47 Å². The number of hydrogen-bond donors (Lipinski definition) is 1. The fraction of sp³-hybridized carbons (Fsp3) is 0.167. The highest BCUT2D eigenvalue weighted by atomic mass is 16.6. The Morgan fingerprint density at radius 1 is 1.03 bits per heavy atom. The van der Waals surface area contributed by atoms with Gasteiger partial charge in [-0.15, -0.1) is 0 Å². The van der Waals surface area contributed by atoms with E-state index < -0.39 is 39.0 Å². The van der Waals surface area contributed by atoms with Gasteiger partial charge in [0, 0.05) is 24.6 Å². The Morgan fingerprint density at radius 3 is 2.36 bits per heavy atom. The Labute approximate surface area is 203 Å². The number of hydrogen-bond acceptors (Lipinski definition) is 8. The van der Waals surface area contributed by atoms with E-state index in [1.807, 2.05) is 6.07 Å². The molecule has 184 valence electrons. The number of fused-ring (bicyclic) bond motifs is 1. The molecular weight excluding hydrogens is 474 g/mol. The number of carboxylic acids is 1. The number of anilines is 1. The second-order valence-electron chi connectivity index (χ2n) is 7.86. The van der Waals surface area contributed by atoms with Gasteiger partial charge in [0.15, 0.2) is 11.5 Å². The summed E-state index contributed by atoms with van der Waals surface area (Å²) < 4.78 is 11.0. The van der Waals surface area contributed by atoms with Crippen molar-refractivity contribution < 1.29 is 34.0 Å². The SMILES string of the molecule is COc1cc(C(=O)N2c3cc([N+](=O)[O-])ccc3CC2C(=O)O)c([N+](=O)[O-])cc1OCc1ccccc1. The maximum atomic E-state index is 13.6. The number of ether oxygens (including phenoxy) is 2. The van der Waals surface area contributed by atoms with Crippen LogP contribution in [0.1, 0.15) is 21.5 Å². The summed E-state index contributed by atoms with van der Waals surface area (Å²) in [5.41, 5.74) is -0.254. The molecule has 0 fully saturated rings. The van der Waals surface area contributed by atoms with Crippen LogP contribution >= 0.6 is 0 Å². The Bertz CT molecular complexity index is 1370. The monoisotopic (exact) mass is 493 g/mol. The molecule has 1 atom stereocenters. The Morgan fingerprint density at radius 2 is 1.75 bits per heavy atom. The zero-order valence-corrected chi connectivity index (χ0v) is 18.8. The summed E-state index contributed by atoms with van der Waals surface area (Å²) in [6.45, 7) is 0.0753. The molecule has 36 heavy (non-hydrogen) atoms. The van der Waals surface area contributed by atoms with Crippen LogP contribution in [0.4, 0.5) is 17.1 Å². The number of non-ortho nitro benzene ring substituents is 1. The van der Waals surface area contributed by atoms with Crippen LogP contribution in [0, 0.1) is 20.2 Å². The van der Waals surface area contributed by atoms with E-state index in [2.05, 4.69) is 0 Å². The first-order valence-electron chi connectivity index (χ1n) is 10.6. The van der Waals surface area contributed by atoms with Crippen molar-refractivity contribution in [3.05, 3.63) is 97.6 Å². The number of nitrogens with zero attached hydrogens (tertiary/aromatic N) is 3. The van der Waals surface area contributed by atoms with Crippen molar-refractivity contribution >= 4 is 28.9 Å². The number of carboxylic acid groups (broad SMARTS) is 1. The lowest BCUT2D eigenvalue weighted by molar-refractivity contribution is -0.385. The van der Waals surface area contributed by atoms with Crippen LogP contribution in [0.2, 0.25) is 0 Å². The summed E-state index contributed by atoms with van der Waals surface area (Å²) in [5.74, 6) is -2.34. The van der Waals surface area contributed by atoms with E-state index in [0.717, 1.165) is 28.7 Å². The Hall–Kier alpha value is -5.00. The third-order valence-corrected chi connectivity index (χ3v) is 5.71. The van der Waals surface area contributed by atoms with Gasteiger partial charge in [0.1, 0.15) is 18.2 Å². The third kappa shape index (κ3) is 4.51. The molecule has 1 heterocycles. The van der Waals surface area contributed by atoms with Gasteiger partial charge in [0.2, 0.25) is 0 Å². The molecule has 3 aromatic rings. The average molecular weight is 493 g/mol. The van der Waals surface area contributed by atoms with Crippen LogP contribution in [0.25, 0.3) is 0 Å². The predicted octanol–water partition coefficient (Wildman–Crippen LogP) is 3.75. The van der Waals surface area contributed by atoms with Crippen LogP contribution in [0.5, 0.6) is 11.5 Å². The number of nitro benzene ring substituents is 2. The van der Waals surface area contributed by atoms with Gasteiger partial charge in [0.25, 0.3) is 17.3 Å². The minimum atomic E-state index is -1.41. The van der Waals surface area contributed by atoms with Gasteiger partial charge >= 0.3 is 5.97 Å². The minimum Gasteiger partial charge on any atom is -0.493 e. The molecule has 0 aliphatic carbocycles. The summed E-state index contributed by atoms with van der Waals surface area (Å²) in [6, 6.07) is 13.4. The van der Waals surface area contributed by atoms with Crippen LogP contribution in [-0.4, -0.2) is 40.0 Å². The molecular formula is C24H19N3O9. The normalized spacial score (nSPS) is 14.1. The first-order chi connectivity index (χ1) is 17.2. The number of carbonyl (C=O) groups is 2. The maximum absolute atomic E-state index is 13.6. The van der Waals surface area contributed by atoms with Gasteiger partial charge in [0.05, 0.1) is 28.7 Å². The smallest absolute Gasteiger partial charge is 0.327 e. The summed E-state index contributed by atoms with van der Waals surface area (Å²) in [7, 11) is 1.29. The zero-order valence-electron chi connectivity index (χ0n) is 18.8. The molecule has 1 aliphatic heterocycles. The van der Waals surface area contributed by atoms with Gasteiger partial charge in [-0.2, -0.15) is 0 Å². The fourth-order valence-electron chi connectivity index (χ4n) is 3.99. The minimum absolute atomic E-state index is 0.000677. The van der Waals surface area contributed by atoms with Crippen molar-refractivity contribution in [2.45, 2.75) is 19.1 Å². The lowest BCUT2D eigenvalue weighted by Crippen LogP contribution is -2.43. The molecule has 1 N–H and O–H groups in total. The highest BCUT2D eigenvalue weighted by Crippen LogP contribution is 2.40. The maximum Gasteiger partial charge on any atom is 0.327 e. The number of nitro groups is 2. The zero-order chi connectivity index (χ0) is 26.0. The molecule has 12 heteroatoms. The lowest BCUT2D eigenvalue weighted by Gasteiger charge is -2.23. The van der Waals surface area contributed by atoms with Gasteiger partial charge in [-0.25, -0.2) is 4.79 Å². The van der Waals surface area contributed by atoms with E-state index in [-0.39, 0.29) is 35.9 Å². The largest absolute Gasteiger partial charge is 0.493 e. The summed E-state index contributed by atoms with van der Waals surface area (Å²) in [5, 5.41) is 32.9. The topological polar surface area (TPSA) is 162 Å². The highest BCUT2D eigenvalue weighted by molar-refractivity contribution is 6.13. The second kappa shape index (κ2) is 9.70. The summed E-state index contributed by atoms with van der Waals surface area (Å²) in [6.07, 6.45) is -0.113. The molecule has 0 saturated carbocycles. The molecule has 0 saturated heterocycles. The van der Waals surface area contributed by atoms with Crippen LogP contribution < -0.4 is 14.4 Å². The van der Waals surface area contributed by atoms with Gasteiger partial charge in [-0.3, -0.25) is 29.9 Å². The van der Waals surface area contributed by atoms with Crippen LogP contribution in [0.15, 0.2) is 60.7 Å². The molecule has 4 rings (SSSR count). The van der Waals surface area contributed by atoms with Crippen LogP contribution in [-0.2, 0) is 17.8 Å². The molecule has 0 bridgehead atoms. The molecule has 0 spiro atoms. The van der Waals surface area contributed by atoms with Gasteiger partial charge in [-0.05, 0) is 11.1 Å². The van der Waals surface area contributed by atoms with Crippen molar-refractivity contribution in [3.8, 4) is 11.5 Å². The number of methoxy groups -OCH3 is 1. The van der Waals surface area contributed by atoms with E-state index in [1.54, 1.807) is 24.3 Å². The predicted molar refractivity (Wildman–Crippen MR) is 125 cm³/mol. The average Bonchev–Trinajstić information content (AvgIpc) is 3.26. The summed E-state index contributed by atoms with van der Waals surface area (Å²) >= 11 is 0. The highest BCUT2D eigenvalue weighted by Gasteiger charge is 2.42. The van der Waals surface area contributed by atoms with E-state index in [1.165, 1.54) is 19.2 Å². The van der Waals surface area contributed by atoms with E-state index >= 15 is 0 Å². The van der Waals surface area contributed by atoms with Crippen molar-refractivity contribution in [2.24, 2.45) is 0 Å². The number of carbonyl (C=O) groups excluding carboxylic acids is 1. The fourth-order valence-corrected chi connectivity index (χ4v) is 3.99. The molecule has 3 aromatic carbocycles. The molecule has 0 radical (unpaired) electrons. The number of amides is 1. The van der Waals surface area contributed by atoms with Gasteiger partial charge in [-0.1, -0.05) is 36.4 Å². The number of aliphatic carboxylic acids is 1. The number of benzene rings is 3. The molecule has 1 unspecified atom stereocenters. The van der Waals surface area contributed by atoms with Crippen molar-refractivity contribution in [1.82, 2.24) is 0 Å². The molecule has 1 amide bonds. The first-order valence-corrected chi connectivity index (χ1v) is 10.6. The van der Waals surface area contributed by atoms with E-state index in [0.29, 0.717) is 5.56 Å². The van der Waals surface area contributed by atoms with Gasteiger partial charge < -0.3 is 14.6 Å².